The molecule has 2 N–H and O–H groups in total. The van der Waals surface area contributed by atoms with Crippen LogP contribution in [0.5, 0.6) is 0 Å². The molecule has 0 aliphatic rings. The lowest BCUT2D eigenvalue weighted by Crippen LogP contribution is -2.30. The molecule has 0 atom stereocenters. The fraction of sp³-hybridized carbons (Fsp3) is 0.190. The minimum absolute atomic E-state index is 0.0963. The number of aromatic nitrogens is 3. The molecule has 0 fully saturated rings. The summed E-state index contributed by atoms with van der Waals surface area (Å²) in [5, 5.41) is 10.1. The standard InChI is InChI=1S/C21H19ClIN5O3/c1-11-7-14(23)9-15(20(30)25-10-13(3)29)18(11)26-21(31)17-8-12(2)27-28(17)19-16(22)5-4-6-24-19/h4-9H,10H2,1-3H3,(H,25,30)(H,26,31). The summed E-state index contributed by atoms with van der Waals surface area (Å²) in [5.41, 5.74) is 2.13. The van der Waals surface area contributed by atoms with Gasteiger partial charge < -0.3 is 10.6 Å². The molecular formula is C21H19ClIN5O3. The number of anilines is 1. The summed E-state index contributed by atoms with van der Waals surface area (Å²) >= 11 is 8.33. The summed E-state index contributed by atoms with van der Waals surface area (Å²) in [4.78, 5) is 41.3. The van der Waals surface area contributed by atoms with E-state index in [-0.39, 0.29) is 23.6 Å². The number of benzene rings is 1. The van der Waals surface area contributed by atoms with Crippen LogP contribution < -0.4 is 10.6 Å². The normalized spacial score (nSPS) is 10.6. The van der Waals surface area contributed by atoms with E-state index in [1.54, 1.807) is 44.3 Å². The fourth-order valence-electron chi connectivity index (χ4n) is 2.92. The van der Waals surface area contributed by atoms with E-state index < -0.39 is 11.8 Å². The molecule has 31 heavy (non-hydrogen) atoms. The minimum atomic E-state index is -0.479. The van der Waals surface area contributed by atoms with Crippen LogP contribution in [0.25, 0.3) is 5.82 Å². The molecule has 0 spiro atoms. The summed E-state index contributed by atoms with van der Waals surface area (Å²) in [5.74, 6) is -0.786. The van der Waals surface area contributed by atoms with Gasteiger partial charge in [-0.15, -0.1) is 0 Å². The second-order valence-electron chi connectivity index (χ2n) is 6.88. The largest absolute Gasteiger partial charge is 0.345 e. The summed E-state index contributed by atoms with van der Waals surface area (Å²) in [6, 6.07) is 8.44. The first kappa shape index (κ1) is 22.9. The van der Waals surface area contributed by atoms with Crippen molar-refractivity contribution in [2.45, 2.75) is 20.8 Å². The number of carbonyl (C=O) groups excluding carboxylic acids is 3. The molecule has 2 heterocycles. The predicted molar refractivity (Wildman–Crippen MR) is 126 cm³/mol. The van der Waals surface area contributed by atoms with Gasteiger partial charge in [-0.2, -0.15) is 5.10 Å². The highest BCUT2D eigenvalue weighted by Gasteiger charge is 2.22. The maximum atomic E-state index is 13.2. The molecule has 0 unspecified atom stereocenters. The van der Waals surface area contributed by atoms with Crippen LogP contribution in [0, 0.1) is 17.4 Å². The van der Waals surface area contributed by atoms with Crippen LogP contribution in [0.2, 0.25) is 5.02 Å². The molecule has 3 aromatic rings. The molecule has 0 radical (unpaired) electrons. The van der Waals surface area contributed by atoms with Crippen LogP contribution in [-0.4, -0.2) is 38.9 Å². The number of hydrogen-bond donors (Lipinski definition) is 2. The number of amides is 2. The number of ketones is 1. The van der Waals surface area contributed by atoms with Crippen LogP contribution in [0.15, 0.2) is 36.5 Å². The monoisotopic (exact) mass is 551 g/mol. The van der Waals surface area contributed by atoms with Gasteiger partial charge in [0.2, 0.25) is 0 Å². The van der Waals surface area contributed by atoms with Gasteiger partial charge in [0.15, 0.2) is 5.82 Å². The van der Waals surface area contributed by atoms with Crippen molar-refractivity contribution >= 4 is 57.5 Å². The molecule has 160 valence electrons. The Morgan fingerprint density at radius 3 is 2.58 bits per heavy atom. The predicted octanol–water partition coefficient (Wildman–Crippen LogP) is 3.71. The van der Waals surface area contributed by atoms with Gasteiger partial charge in [-0.05, 0) is 79.3 Å². The fourth-order valence-corrected chi connectivity index (χ4v) is 3.90. The lowest BCUT2D eigenvalue weighted by Gasteiger charge is -2.15. The highest BCUT2D eigenvalue weighted by Crippen LogP contribution is 2.26. The highest BCUT2D eigenvalue weighted by atomic mass is 127. The van der Waals surface area contributed by atoms with E-state index in [1.165, 1.54) is 11.6 Å². The Morgan fingerprint density at radius 1 is 1.16 bits per heavy atom. The first-order valence-electron chi connectivity index (χ1n) is 9.24. The Hall–Kier alpha value is -2.79. The van der Waals surface area contributed by atoms with E-state index in [2.05, 4.69) is 43.3 Å². The van der Waals surface area contributed by atoms with E-state index in [9.17, 15) is 14.4 Å². The van der Waals surface area contributed by atoms with Gasteiger partial charge in [0.05, 0.1) is 28.5 Å². The Morgan fingerprint density at radius 2 is 1.90 bits per heavy atom. The van der Waals surface area contributed by atoms with E-state index in [1.807, 2.05) is 6.07 Å². The quantitative estimate of drug-likeness (QED) is 0.455. The van der Waals surface area contributed by atoms with Gasteiger partial charge in [-0.3, -0.25) is 14.4 Å². The zero-order valence-electron chi connectivity index (χ0n) is 17.0. The number of aryl methyl sites for hydroxylation is 2. The summed E-state index contributed by atoms with van der Waals surface area (Å²) in [6.45, 7) is 4.83. The third-order valence-corrected chi connectivity index (χ3v) is 5.20. The average Bonchev–Trinajstić information content (AvgIpc) is 3.09. The first-order valence-corrected chi connectivity index (χ1v) is 10.7. The van der Waals surface area contributed by atoms with Crippen molar-refractivity contribution in [3.63, 3.8) is 0 Å². The molecule has 10 heteroatoms. The number of pyridine rings is 1. The molecule has 2 amide bonds. The summed E-state index contributed by atoms with van der Waals surface area (Å²) < 4.78 is 2.19. The minimum Gasteiger partial charge on any atom is -0.345 e. The van der Waals surface area contributed by atoms with Crippen molar-refractivity contribution in [3.05, 3.63) is 67.6 Å². The van der Waals surface area contributed by atoms with E-state index in [0.717, 1.165) is 3.57 Å². The maximum Gasteiger partial charge on any atom is 0.274 e. The topological polar surface area (TPSA) is 106 Å². The van der Waals surface area contributed by atoms with Crippen molar-refractivity contribution in [3.8, 4) is 5.82 Å². The second-order valence-corrected chi connectivity index (χ2v) is 8.53. The average molecular weight is 552 g/mol. The number of hydrogen-bond acceptors (Lipinski definition) is 5. The van der Waals surface area contributed by atoms with Crippen LogP contribution in [0.4, 0.5) is 5.69 Å². The van der Waals surface area contributed by atoms with E-state index >= 15 is 0 Å². The number of nitrogens with one attached hydrogen (secondary N) is 2. The molecule has 0 aliphatic heterocycles. The van der Waals surface area contributed by atoms with Gasteiger partial charge in [-0.1, -0.05) is 11.6 Å². The van der Waals surface area contributed by atoms with E-state index in [0.29, 0.717) is 27.8 Å². The molecule has 3 rings (SSSR count). The van der Waals surface area contributed by atoms with Crippen LogP contribution >= 0.6 is 34.2 Å². The molecule has 0 saturated heterocycles. The Balaban J connectivity index is 1.99. The third kappa shape index (κ3) is 5.28. The van der Waals surface area contributed by atoms with Crippen molar-refractivity contribution in [2.75, 3.05) is 11.9 Å². The lowest BCUT2D eigenvalue weighted by molar-refractivity contribution is -0.116. The third-order valence-electron chi connectivity index (χ3n) is 4.29. The number of halogens is 2. The van der Waals surface area contributed by atoms with Crippen molar-refractivity contribution in [2.24, 2.45) is 0 Å². The summed E-state index contributed by atoms with van der Waals surface area (Å²) in [6.07, 6.45) is 1.56. The van der Waals surface area contributed by atoms with Gasteiger partial charge in [0.1, 0.15) is 11.5 Å². The van der Waals surface area contributed by atoms with Gasteiger partial charge in [0, 0.05) is 9.77 Å². The highest BCUT2D eigenvalue weighted by molar-refractivity contribution is 14.1. The van der Waals surface area contributed by atoms with Crippen molar-refractivity contribution < 1.29 is 14.4 Å². The first-order chi connectivity index (χ1) is 14.7. The molecule has 0 bridgehead atoms. The zero-order valence-corrected chi connectivity index (χ0v) is 19.9. The van der Waals surface area contributed by atoms with Crippen LogP contribution in [0.3, 0.4) is 0 Å². The van der Waals surface area contributed by atoms with Crippen molar-refractivity contribution in [1.82, 2.24) is 20.1 Å². The molecule has 0 saturated carbocycles. The molecular weight excluding hydrogens is 533 g/mol. The molecule has 1 aromatic carbocycles. The Bertz CT molecular complexity index is 1190. The Labute approximate surface area is 197 Å². The smallest absolute Gasteiger partial charge is 0.274 e. The Kier molecular flexibility index (Phi) is 7.06. The summed E-state index contributed by atoms with van der Waals surface area (Å²) in [7, 11) is 0. The van der Waals surface area contributed by atoms with Gasteiger partial charge >= 0.3 is 0 Å². The molecule has 2 aromatic heterocycles. The maximum absolute atomic E-state index is 13.2. The second kappa shape index (κ2) is 9.56. The number of rotatable bonds is 6. The van der Waals surface area contributed by atoms with Crippen LogP contribution in [0.1, 0.15) is 39.0 Å². The van der Waals surface area contributed by atoms with Gasteiger partial charge in [0.25, 0.3) is 11.8 Å². The van der Waals surface area contributed by atoms with E-state index in [4.69, 9.17) is 11.6 Å². The number of carbonyl (C=O) groups is 3. The lowest BCUT2D eigenvalue weighted by atomic mass is 10.1. The SMILES string of the molecule is CC(=O)CNC(=O)c1cc(I)cc(C)c1NC(=O)c1cc(C)nn1-c1ncccc1Cl. The zero-order chi connectivity index (χ0) is 22.7. The number of nitrogens with zero attached hydrogens (tertiary/aromatic N) is 3. The molecule has 0 aliphatic carbocycles. The molecule has 8 nitrogen and oxygen atoms in total. The van der Waals surface area contributed by atoms with Gasteiger partial charge in [-0.25, -0.2) is 9.67 Å². The van der Waals surface area contributed by atoms with Crippen molar-refractivity contribution in [1.29, 1.82) is 0 Å². The van der Waals surface area contributed by atoms with Crippen LogP contribution in [-0.2, 0) is 4.79 Å². The number of Topliss-reactive ketones (excluding diaryl/α,β-unsaturated/α-hetero) is 1.